The van der Waals surface area contributed by atoms with Crippen molar-refractivity contribution in [1.29, 1.82) is 0 Å². The summed E-state index contributed by atoms with van der Waals surface area (Å²) in [5, 5.41) is 3.18. The Kier molecular flexibility index (Phi) is 4.38. The summed E-state index contributed by atoms with van der Waals surface area (Å²) < 4.78 is 5.73. The van der Waals surface area contributed by atoms with E-state index in [1.807, 2.05) is 18.4 Å². The SMILES string of the molecule is CNCc1cc(COCCC2CC2)c(C)s1. The van der Waals surface area contributed by atoms with Gasteiger partial charge in [-0.05, 0) is 37.9 Å². The fourth-order valence-electron chi connectivity index (χ4n) is 1.83. The predicted molar refractivity (Wildman–Crippen MR) is 68.8 cm³/mol. The van der Waals surface area contributed by atoms with Crippen molar-refractivity contribution in [3.63, 3.8) is 0 Å². The third-order valence-electron chi connectivity index (χ3n) is 3.05. The Morgan fingerprint density at radius 2 is 2.31 bits per heavy atom. The molecule has 1 aromatic rings. The molecule has 0 saturated heterocycles. The Bertz CT molecular complexity index is 331. The van der Waals surface area contributed by atoms with E-state index in [1.54, 1.807) is 0 Å². The van der Waals surface area contributed by atoms with Crippen LogP contribution in [-0.2, 0) is 17.9 Å². The highest BCUT2D eigenvalue weighted by Crippen LogP contribution is 2.32. The molecule has 0 unspecified atom stereocenters. The minimum atomic E-state index is 0.790. The summed E-state index contributed by atoms with van der Waals surface area (Å²) in [4.78, 5) is 2.80. The van der Waals surface area contributed by atoms with Gasteiger partial charge in [0.2, 0.25) is 0 Å². The average Bonchev–Trinajstić information content (AvgIpc) is 3.00. The van der Waals surface area contributed by atoms with Crippen molar-refractivity contribution < 1.29 is 4.74 Å². The van der Waals surface area contributed by atoms with Gasteiger partial charge in [0.05, 0.1) is 6.61 Å². The van der Waals surface area contributed by atoms with Crippen LogP contribution in [0.1, 0.15) is 34.6 Å². The maximum atomic E-state index is 5.73. The largest absolute Gasteiger partial charge is 0.377 e. The van der Waals surface area contributed by atoms with Crippen molar-refractivity contribution in [2.75, 3.05) is 13.7 Å². The van der Waals surface area contributed by atoms with Crippen LogP contribution in [-0.4, -0.2) is 13.7 Å². The summed E-state index contributed by atoms with van der Waals surface area (Å²) in [7, 11) is 1.99. The third kappa shape index (κ3) is 3.58. The van der Waals surface area contributed by atoms with E-state index >= 15 is 0 Å². The first-order valence-corrected chi connectivity index (χ1v) is 6.91. The number of ether oxygens (including phenoxy) is 1. The highest BCUT2D eigenvalue weighted by Gasteiger charge is 2.20. The van der Waals surface area contributed by atoms with E-state index in [0.29, 0.717) is 0 Å². The number of hydrogen-bond acceptors (Lipinski definition) is 3. The summed E-state index contributed by atoms with van der Waals surface area (Å²) >= 11 is 1.87. The second-order valence-corrected chi connectivity index (χ2v) is 5.95. The molecule has 16 heavy (non-hydrogen) atoms. The molecule has 0 amide bonds. The maximum Gasteiger partial charge on any atom is 0.0727 e. The van der Waals surface area contributed by atoms with Gasteiger partial charge in [0, 0.05) is 22.9 Å². The molecule has 0 atom stereocenters. The first-order valence-electron chi connectivity index (χ1n) is 6.10. The number of hydrogen-bond donors (Lipinski definition) is 1. The molecule has 0 spiro atoms. The Morgan fingerprint density at radius 1 is 1.50 bits per heavy atom. The number of thiophene rings is 1. The van der Waals surface area contributed by atoms with Gasteiger partial charge in [0.15, 0.2) is 0 Å². The fourth-order valence-corrected chi connectivity index (χ4v) is 2.89. The molecular weight excluding hydrogens is 218 g/mol. The normalized spacial score (nSPS) is 15.6. The third-order valence-corrected chi connectivity index (χ3v) is 4.14. The van der Waals surface area contributed by atoms with Gasteiger partial charge in [-0.2, -0.15) is 0 Å². The molecular formula is C13H21NOS. The summed E-state index contributed by atoms with van der Waals surface area (Å²) in [6.45, 7) is 4.87. The Labute approximate surface area is 102 Å². The lowest BCUT2D eigenvalue weighted by Crippen LogP contribution is -2.02. The summed E-state index contributed by atoms with van der Waals surface area (Å²) in [5.41, 5.74) is 1.37. The first-order chi connectivity index (χ1) is 7.79. The van der Waals surface area contributed by atoms with E-state index in [1.165, 1.54) is 34.6 Å². The highest BCUT2D eigenvalue weighted by molar-refractivity contribution is 7.12. The summed E-state index contributed by atoms with van der Waals surface area (Å²) in [6.07, 6.45) is 4.10. The molecule has 3 heteroatoms. The van der Waals surface area contributed by atoms with Crippen LogP contribution in [0.3, 0.4) is 0 Å². The van der Waals surface area contributed by atoms with Crippen LogP contribution in [0, 0.1) is 12.8 Å². The smallest absolute Gasteiger partial charge is 0.0727 e. The molecule has 0 aliphatic heterocycles. The van der Waals surface area contributed by atoms with Gasteiger partial charge in [-0.1, -0.05) is 12.8 Å². The van der Waals surface area contributed by atoms with Crippen LogP contribution in [0.5, 0.6) is 0 Å². The number of nitrogens with one attached hydrogen (secondary N) is 1. The van der Waals surface area contributed by atoms with Gasteiger partial charge in [-0.3, -0.25) is 0 Å². The molecule has 0 radical (unpaired) electrons. The second kappa shape index (κ2) is 5.80. The van der Waals surface area contributed by atoms with Gasteiger partial charge < -0.3 is 10.1 Å². The molecule has 1 heterocycles. The Morgan fingerprint density at radius 3 is 3.00 bits per heavy atom. The van der Waals surface area contributed by atoms with Gasteiger partial charge in [0.25, 0.3) is 0 Å². The quantitative estimate of drug-likeness (QED) is 0.738. The Hall–Kier alpha value is -0.380. The average molecular weight is 239 g/mol. The zero-order valence-electron chi connectivity index (χ0n) is 10.2. The molecule has 0 aromatic carbocycles. The van der Waals surface area contributed by atoms with Crippen LogP contribution in [0.15, 0.2) is 6.07 Å². The van der Waals surface area contributed by atoms with Crippen LogP contribution in [0.4, 0.5) is 0 Å². The highest BCUT2D eigenvalue weighted by atomic mass is 32.1. The van der Waals surface area contributed by atoms with E-state index in [9.17, 15) is 0 Å². The molecule has 90 valence electrons. The van der Waals surface area contributed by atoms with E-state index in [0.717, 1.165) is 25.7 Å². The van der Waals surface area contributed by atoms with E-state index in [-0.39, 0.29) is 0 Å². The van der Waals surface area contributed by atoms with Gasteiger partial charge >= 0.3 is 0 Å². The summed E-state index contributed by atoms with van der Waals surface area (Å²) in [6, 6.07) is 2.27. The van der Waals surface area contributed by atoms with Crippen LogP contribution < -0.4 is 5.32 Å². The second-order valence-electron chi connectivity index (χ2n) is 4.61. The van der Waals surface area contributed by atoms with Crippen LogP contribution >= 0.6 is 11.3 Å². The van der Waals surface area contributed by atoms with Crippen molar-refractivity contribution in [1.82, 2.24) is 5.32 Å². The van der Waals surface area contributed by atoms with Gasteiger partial charge in [-0.25, -0.2) is 0 Å². The van der Waals surface area contributed by atoms with Crippen molar-refractivity contribution in [3.8, 4) is 0 Å². The maximum absolute atomic E-state index is 5.73. The van der Waals surface area contributed by atoms with Crippen molar-refractivity contribution in [2.24, 2.45) is 5.92 Å². The van der Waals surface area contributed by atoms with E-state index in [2.05, 4.69) is 18.3 Å². The van der Waals surface area contributed by atoms with Crippen LogP contribution in [0.25, 0.3) is 0 Å². The first kappa shape index (κ1) is 12.1. The molecule has 1 aliphatic carbocycles. The van der Waals surface area contributed by atoms with Gasteiger partial charge in [-0.15, -0.1) is 11.3 Å². The number of rotatable bonds is 7. The fraction of sp³-hybridized carbons (Fsp3) is 0.692. The molecule has 1 saturated carbocycles. The van der Waals surface area contributed by atoms with E-state index in [4.69, 9.17) is 4.74 Å². The molecule has 1 fully saturated rings. The molecule has 1 N–H and O–H groups in total. The van der Waals surface area contributed by atoms with Crippen molar-refractivity contribution in [2.45, 2.75) is 39.3 Å². The lowest BCUT2D eigenvalue weighted by atomic mass is 10.2. The Balaban J connectivity index is 1.73. The molecule has 1 aliphatic rings. The molecule has 2 nitrogen and oxygen atoms in total. The standard InChI is InChI=1S/C13H21NOS/c1-10-12(7-13(16-10)8-14-2)9-15-6-5-11-3-4-11/h7,11,14H,3-6,8-9H2,1-2H3. The minimum absolute atomic E-state index is 0.790. The zero-order chi connectivity index (χ0) is 11.4. The molecule has 2 rings (SSSR count). The van der Waals surface area contributed by atoms with Crippen LogP contribution in [0.2, 0.25) is 0 Å². The number of aryl methyl sites for hydroxylation is 1. The predicted octanol–water partition coefficient (Wildman–Crippen LogP) is 3.09. The lowest BCUT2D eigenvalue weighted by molar-refractivity contribution is 0.115. The van der Waals surface area contributed by atoms with E-state index < -0.39 is 0 Å². The topological polar surface area (TPSA) is 21.3 Å². The van der Waals surface area contributed by atoms with Gasteiger partial charge in [0.1, 0.15) is 0 Å². The molecule has 0 bridgehead atoms. The zero-order valence-corrected chi connectivity index (χ0v) is 11.0. The lowest BCUT2D eigenvalue weighted by Gasteiger charge is -2.02. The molecule has 1 aromatic heterocycles. The van der Waals surface area contributed by atoms with Crippen molar-refractivity contribution in [3.05, 3.63) is 21.4 Å². The monoisotopic (exact) mass is 239 g/mol. The minimum Gasteiger partial charge on any atom is -0.377 e. The summed E-state index contributed by atoms with van der Waals surface area (Å²) in [5.74, 6) is 0.975. The van der Waals surface area contributed by atoms with Crippen molar-refractivity contribution >= 4 is 11.3 Å².